The van der Waals surface area contributed by atoms with Crippen molar-refractivity contribution in [3.8, 4) is 0 Å². The van der Waals surface area contributed by atoms with E-state index in [1.165, 1.54) is 4.90 Å². The zero-order chi connectivity index (χ0) is 13.5. The average Bonchev–Trinajstić information content (AvgIpc) is 2.82. The number of aliphatic carboxylic acids is 1. The van der Waals surface area contributed by atoms with Crippen molar-refractivity contribution >= 4 is 12.0 Å². The first-order valence-electron chi connectivity index (χ1n) is 6.00. The van der Waals surface area contributed by atoms with Crippen LogP contribution in [0.4, 0.5) is 4.79 Å². The van der Waals surface area contributed by atoms with Gasteiger partial charge < -0.3 is 20.1 Å². The smallest absolute Gasteiger partial charge is 0.317 e. The molecule has 6 heteroatoms. The van der Waals surface area contributed by atoms with Crippen molar-refractivity contribution in [2.24, 2.45) is 5.92 Å². The number of amides is 2. The summed E-state index contributed by atoms with van der Waals surface area (Å²) in [5, 5.41) is 11.8. The van der Waals surface area contributed by atoms with E-state index < -0.39 is 17.9 Å². The third-order valence-electron chi connectivity index (χ3n) is 3.01. The number of carboxylic acids is 1. The van der Waals surface area contributed by atoms with Gasteiger partial charge in [0, 0.05) is 13.6 Å². The van der Waals surface area contributed by atoms with Gasteiger partial charge in [-0.2, -0.15) is 0 Å². The molecule has 18 heavy (non-hydrogen) atoms. The Bertz CT molecular complexity index is 330. The number of hydrogen-bond donors (Lipinski definition) is 2. The Morgan fingerprint density at radius 2 is 2.22 bits per heavy atom. The van der Waals surface area contributed by atoms with Gasteiger partial charge in [0.25, 0.3) is 0 Å². The van der Waals surface area contributed by atoms with Crippen LogP contribution in [0.3, 0.4) is 0 Å². The van der Waals surface area contributed by atoms with Crippen molar-refractivity contribution in [1.29, 1.82) is 0 Å². The number of hydrogen-bond acceptors (Lipinski definition) is 3. The maximum Gasteiger partial charge on any atom is 0.317 e. The van der Waals surface area contributed by atoms with Crippen LogP contribution in [0.15, 0.2) is 12.2 Å². The van der Waals surface area contributed by atoms with Gasteiger partial charge in [0.2, 0.25) is 0 Å². The van der Waals surface area contributed by atoms with Crippen molar-refractivity contribution < 1.29 is 19.4 Å². The second kappa shape index (κ2) is 7.00. The molecule has 102 valence electrons. The van der Waals surface area contributed by atoms with Crippen molar-refractivity contribution in [3.63, 3.8) is 0 Å². The molecule has 1 aliphatic heterocycles. The number of allylic oxidation sites excluding steroid dienone is 1. The lowest BCUT2D eigenvalue weighted by Crippen LogP contribution is -2.48. The summed E-state index contributed by atoms with van der Waals surface area (Å²) in [5.41, 5.74) is 0. The van der Waals surface area contributed by atoms with Gasteiger partial charge >= 0.3 is 12.0 Å². The number of nitrogens with one attached hydrogen (secondary N) is 1. The molecule has 1 rings (SSSR count). The SMILES string of the molecule is C/C=C/CCNC(=O)N(C)C1COCC1C(=O)O. The average molecular weight is 256 g/mol. The standard InChI is InChI=1S/C12H20N2O4/c1-3-4-5-6-13-12(17)14(2)10-8-18-7-9(10)11(15)16/h3-4,9-10H,5-8H2,1-2H3,(H,13,17)(H,15,16)/b4-3+. The Morgan fingerprint density at radius 1 is 1.50 bits per heavy atom. The Morgan fingerprint density at radius 3 is 2.83 bits per heavy atom. The van der Waals surface area contributed by atoms with Crippen LogP contribution < -0.4 is 5.32 Å². The summed E-state index contributed by atoms with van der Waals surface area (Å²) in [4.78, 5) is 24.2. The fraction of sp³-hybridized carbons (Fsp3) is 0.667. The van der Waals surface area contributed by atoms with Gasteiger partial charge in [-0.3, -0.25) is 4.79 Å². The number of rotatable bonds is 5. The number of nitrogens with zero attached hydrogens (tertiary/aromatic N) is 1. The summed E-state index contributed by atoms with van der Waals surface area (Å²) in [6.45, 7) is 2.89. The molecule has 1 saturated heterocycles. The molecule has 0 saturated carbocycles. The number of ether oxygens (including phenoxy) is 1. The highest BCUT2D eigenvalue weighted by atomic mass is 16.5. The van der Waals surface area contributed by atoms with Crippen molar-refractivity contribution in [2.45, 2.75) is 19.4 Å². The van der Waals surface area contributed by atoms with E-state index >= 15 is 0 Å². The van der Waals surface area contributed by atoms with Crippen LogP contribution in [-0.2, 0) is 9.53 Å². The summed E-state index contributed by atoms with van der Waals surface area (Å²) < 4.78 is 5.13. The third-order valence-corrected chi connectivity index (χ3v) is 3.01. The second-order valence-corrected chi connectivity index (χ2v) is 4.25. The van der Waals surface area contributed by atoms with Crippen molar-refractivity contribution in [2.75, 3.05) is 26.8 Å². The van der Waals surface area contributed by atoms with Crippen LogP contribution in [0.25, 0.3) is 0 Å². The first-order chi connectivity index (χ1) is 8.57. The fourth-order valence-electron chi connectivity index (χ4n) is 1.86. The number of carboxylic acid groups (broad SMARTS) is 1. The van der Waals surface area contributed by atoms with Crippen LogP contribution in [0, 0.1) is 5.92 Å². The quantitative estimate of drug-likeness (QED) is 0.560. The predicted molar refractivity (Wildman–Crippen MR) is 66.3 cm³/mol. The molecular weight excluding hydrogens is 236 g/mol. The maximum absolute atomic E-state index is 11.8. The van der Waals surface area contributed by atoms with Gasteiger partial charge in [0.05, 0.1) is 19.3 Å². The molecule has 2 unspecified atom stereocenters. The van der Waals surface area contributed by atoms with Crippen LogP contribution in [0.2, 0.25) is 0 Å². The highest BCUT2D eigenvalue weighted by Gasteiger charge is 2.38. The molecule has 0 aromatic carbocycles. The largest absolute Gasteiger partial charge is 0.481 e. The van der Waals surface area contributed by atoms with E-state index in [-0.39, 0.29) is 19.2 Å². The fourth-order valence-corrected chi connectivity index (χ4v) is 1.86. The minimum Gasteiger partial charge on any atom is -0.481 e. The van der Waals surface area contributed by atoms with Gasteiger partial charge in [0.15, 0.2) is 0 Å². The molecular formula is C12H20N2O4. The molecule has 0 aliphatic carbocycles. The van der Waals surface area contributed by atoms with E-state index in [0.29, 0.717) is 6.54 Å². The molecule has 0 aromatic rings. The number of carbonyl (C=O) groups is 2. The summed E-state index contributed by atoms with van der Waals surface area (Å²) in [6, 6.07) is -0.662. The van der Waals surface area contributed by atoms with Crippen molar-refractivity contribution in [1.82, 2.24) is 10.2 Å². The Kier molecular flexibility index (Phi) is 5.64. The van der Waals surface area contributed by atoms with E-state index in [1.54, 1.807) is 7.05 Å². The van der Waals surface area contributed by atoms with E-state index in [4.69, 9.17) is 9.84 Å². The van der Waals surface area contributed by atoms with Crippen LogP contribution in [0.1, 0.15) is 13.3 Å². The lowest BCUT2D eigenvalue weighted by atomic mass is 10.0. The molecule has 1 heterocycles. The zero-order valence-electron chi connectivity index (χ0n) is 10.8. The number of urea groups is 1. The lowest BCUT2D eigenvalue weighted by molar-refractivity contribution is -0.142. The van der Waals surface area contributed by atoms with E-state index in [0.717, 1.165) is 6.42 Å². The Labute approximate surface area is 107 Å². The second-order valence-electron chi connectivity index (χ2n) is 4.25. The molecule has 1 aliphatic rings. The molecule has 2 amide bonds. The molecule has 0 spiro atoms. The monoisotopic (exact) mass is 256 g/mol. The number of carbonyl (C=O) groups excluding carboxylic acids is 1. The van der Waals surface area contributed by atoms with Crippen LogP contribution in [-0.4, -0.2) is 54.9 Å². The molecule has 0 radical (unpaired) electrons. The molecule has 2 N–H and O–H groups in total. The number of likely N-dealkylation sites (N-methyl/N-ethyl adjacent to an activating group) is 1. The van der Waals surface area contributed by atoms with E-state index in [1.807, 2.05) is 19.1 Å². The van der Waals surface area contributed by atoms with Crippen LogP contribution in [0.5, 0.6) is 0 Å². The van der Waals surface area contributed by atoms with Gasteiger partial charge in [-0.15, -0.1) is 0 Å². The zero-order valence-corrected chi connectivity index (χ0v) is 10.8. The van der Waals surface area contributed by atoms with Gasteiger partial charge in [-0.05, 0) is 13.3 Å². The molecule has 1 fully saturated rings. The van der Waals surface area contributed by atoms with Gasteiger partial charge in [0.1, 0.15) is 5.92 Å². The molecule has 2 atom stereocenters. The minimum atomic E-state index is -0.925. The van der Waals surface area contributed by atoms with Crippen molar-refractivity contribution in [3.05, 3.63) is 12.2 Å². The molecule has 0 bridgehead atoms. The van der Waals surface area contributed by atoms with E-state index in [9.17, 15) is 9.59 Å². The first kappa shape index (κ1) is 14.5. The Balaban J connectivity index is 2.44. The topological polar surface area (TPSA) is 78.9 Å². The first-order valence-corrected chi connectivity index (χ1v) is 6.00. The minimum absolute atomic E-state index is 0.163. The predicted octanol–water partition coefficient (Wildman–Crippen LogP) is 0.694. The molecule has 6 nitrogen and oxygen atoms in total. The lowest BCUT2D eigenvalue weighted by Gasteiger charge is -2.26. The third kappa shape index (κ3) is 3.73. The summed E-state index contributed by atoms with van der Waals surface area (Å²) in [5.74, 6) is -1.57. The highest BCUT2D eigenvalue weighted by molar-refractivity contribution is 5.77. The molecule has 0 aromatic heterocycles. The van der Waals surface area contributed by atoms with E-state index in [2.05, 4.69) is 5.32 Å². The van der Waals surface area contributed by atoms with Crippen LogP contribution >= 0.6 is 0 Å². The summed E-state index contributed by atoms with van der Waals surface area (Å²) >= 11 is 0. The normalized spacial score (nSPS) is 23.2. The maximum atomic E-state index is 11.8. The summed E-state index contributed by atoms with van der Waals surface area (Å²) in [6.07, 6.45) is 4.64. The van der Waals surface area contributed by atoms with Gasteiger partial charge in [-0.25, -0.2) is 4.79 Å². The summed E-state index contributed by atoms with van der Waals surface area (Å²) in [7, 11) is 1.60. The highest BCUT2D eigenvalue weighted by Crippen LogP contribution is 2.18. The van der Waals surface area contributed by atoms with Gasteiger partial charge in [-0.1, -0.05) is 12.2 Å². The Hall–Kier alpha value is -1.56.